The first-order valence-electron chi connectivity index (χ1n) is 13.2. The lowest BCUT2D eigenvalue weighted by atomic mass is 9.98. The number of benzene rings is 3. The van der Waals surface area contributed by atoms with Crippen LogP contribution in [-0.4, -0.2) is 61.6 Å². The van der Waals surface area contributed by atoms with Crippen molar-refractivity contribution < 1.29 is 33.7 Å². The number of carbonyl (C=O) groups excluding carboxylic acids is 2. The minimum absolute atomic E-state index is 0.0123. The fraction of sp³-hybridized carbons (Fsp3) is 0.323. The van der Waals surface area contributed by atoms with Crippen LogP contribution in [0.3, 0.4) is 0 Å². The summed E-state index contributed by atoms with van der Waals surface area (Å²) in [6.45, 7) is 1.98. The van der Waals surface area contributed by atoms with E-state index in [1.807, 2.05) is 66.7 Å². The number of hydrogen-bond acceptors (Lipinski definition) is 6. The Balaban J connectivity index is 1.24. The normalized spacial score (nSPS) is 14.3. The summed E-state index contributed by atoms with van der Waals surface area (Å²) in [5.74, 6) is -1.82. The van der Waals surface area contributed by atoms with Crippen molar-refractivity contribution in [1.82, 2.24) is 10.6 Å². The van der Waals surface area contributed by atoms with E-state index < -0.39 is 36.2 Å². The van der Waals surface area contributed by atoms with Crippen LogP contribution < -0.4 is 10.6 Å². The number of aliphatic carboxylic acids is 1. The number of ether oxygens (including phenoxy) is 3. The first kappa shape index (κ1) is 28.8. The molecule has 3 atom stereocenters. The second-order valence-corrected chi connectivity index (χ2v) is 9.65. The lowest BCUT2D eigenvalue weighted by molar-refractivity contribution is -0.147. The van der Waals surface area contributed by atoms with Gasteiger partial charge in [-0.3, -0.25) is 4.79 Å². The van der Waals surface area contributed by atoms with Crippen LogP contribution in [0.25, 0.3) is 11.1 Å². The Kier molecular flexibility index (Phi) is 9.88. The molecule has 0 saturated heterocycles. The molecule has 9 nitrogen and oxygen atoms in total. The molecule has 0 aromatic heterocycles. The van der Waals surface area contributed by atoms with Gasteiger partial charge in [0.2, 0.25) is 5.91 Å². The summed E-state index contributed by atoms with van der Waals surface area (Å²) in [5, 5.41) is 14.8. The Labute approximate surface area is 233 Å². The van der Waals surface area contributed by atoms with Crippen LogP contribution in [-0.2, 0) is 30.4 Å². The van der Waals surface area contributed by atoms with Gasteiger partial charge in [-0.2, -0.15) is 0 Å². The number of carbonyl (C=O) groups is 3. The summed E-state index contributed by atoms with van der Waals surface area (Å²) in [6.07, 6.45) is -2.25. The molecule has 3 aromatic rings. The highest BCUT2D eigenvalue weighted by atomic mass is 16.5. The molecule has 2 amide bonds. The standard InChI is InChI=1S/C31H34N2O7/c1-20(39-18-21-10-4-3-5-11-21)29(30(35)36)33-28(34)16-22(38-2)17-32-31(37)40-19-27-25-14-8-6-12-23(25)24-13-7-9-15-26(24)27/h3-15,20,22,27,29H,16-19H2,1-2H3,(H,32,37)(H,33,34)(H,35,36)/t20-,22?,29+/m0/s1. The third-order valence-electron chi connectivity index (χ3n) is 6.97. The number of rotatable bonds is 13. The largest absolute Gasteiger partial charge is 0.480 e. The van der Waals surface area contributed by atoms with Gasteiger partial charge in [0, 0.05) is 19.6 Å². The first-order chi connectivity index (χ1) is 19.4. The molecule has 0 saturated carbocycles. The monoisotopic (exact) mass is 546 g/mol. The van der Waals surface area contributed by atoms with E-state index in [1.54, 1.807) is 6.92 Å². The fourth-order valence-corrected chi connectivity index (χ4v) is 4.80. The Morgan fingerprint density at radius 2 is 1.50 bits per heavy atom. The van der Waals surface area contributed by atoms with E-state index in [9.17, 15) is 19.5 Å². The topological polar surface area (TPSA) is 123 Å². The van der Waals surface area contributed by atoms with Gasteiger partial charge in [-0.05, 0) is 34.7 Å². The Morgan fingerprint density at radius 1 is 0.900 bits per heavy atom. The van der Waals surface area contributed by atoms with E-state index in [0.29, 0.717) is 0 Å². The van der Waals surface area contributed by atoms with Crippen LogP contribution in [0.5, 0.6) is 0 Å². The van der Waals surface area contributed by atoms with Gasteiger partial charge in [0.15, 0.2) is 6.04 Å². The molecule has 0 radical (unpaired) electrons. The van der Waals surface area contributed by atoms with Crippen LogP contribution in [0.2, 0.25) is 0 Å². The van der Waals surface area contributed by atoms with Crippen LogP contribution in [0, 0.1) is 0 Å². The minimum Gasteiger partial charge on any atom is -0.480 e. The number of fused-ring (bicyclic) bond motifs is 3. The van der Waals surface area contributed by atoms with Crippen LogP contribution in [0.15, 0.2) is 78.9 Å². The maximum atomic E-state index is 12.6. The molecular formula is C31H34N2O7. The van der Waals surface area contributed by atoms with Crippen molar-refractivity contribution in [3.05, 3.63) is 95.6 Å². The zero-order valence-electron chi connectivity index (χ0n) is 22.5. The number of alkyl carbamates (subject to hydrolysis) is 1. The fourth-order valence-electron chi connectivity index (χ4n) is 4.80. The molecule has 3 aromatic carbocycles. The second-order valence-electron chi connectivity index (χ2n) is 9.65. The van der Waals surface area contributed by atoms with Crippen molar-refractivity contribution in [1.29, 1.82) is 0 Å². The highest BCUT2D eigenvalue weighted by Gasteiger charge is 2.30. The van der Waals surface area contributed by atoms with Crippen molar-refractivity contribution in [2.75, 3.05) is 20.3 Å². The molecule has 0 bridgehead atoms. The number of carboxylic acids is 1. The van der Waals surface area contributed by atoms with Gasteiger partial charge in [-0.1, -0.05) is 78.9 Å². The van der Waals surface area contributed by atoms with Crippen LogP contribution in [0.1, 0.15) is 36.0 Å². The zero-order valence-corrected chi connectivity index (χ0v) is 22.5. The molecule has 9 heteroatoms. The lowest BCUT2D eigenvalue weighted by Crippen LogP contribution is -2.49. The molecule has 0 fully saturated rings. The second kappa shape index (κ2) is 13.7. The van der Waals surface area contributed by atoms with Crippen molar-refractivity contribution in [2.24, 2.45) is 0 Å². The highest BCUT2D eigenvalue weighted by Crippen LogP contribution is 2.44. The molecule has 0 heterocycles. The number of methoxy groups -OCH3 is 1. The molecular weight excluding hydrogens is 512 g/mol. The van der Waals surface area contributed by atoms with Gasteiger partial charge in [0.1, 0.15) is 6.61 Å². The number of nitrogens with one attached hydrogen (secondary N) is 2. The SMILES string of the molecule is COC(CNC(=O)OCC1c2ccccc2-c2ccccc21)CC(=O)N[C@@H](C(=O)O)[C@H](C)OCc1ccccc1. The summed E-state index contributed by atoms with van der Waals surface area (Å²) in [4.78, 5) is 36.9. The molecule has 40 heavy (non-hydrogen) atoms. The predicted octanol–water partition coefficient (Wildman–Crippen LogP) is 4.10. The third-order valence-corrected chi connectivity index (χ3v) is 6.97. The maximum Gasteiger partial charge on any atom is 0.407 e. The van der Waals surface area contributed by atoms with Gasteiger partial charge in [-0.15, -0.1) is 0 Å². The predicted molar refractivity (Wildman–Crippen MR) is 149 cm³/mol. The van der Waals surface area contributed by atoms with Gasteiger partial charge in [-0.25, -0.2) is 9.59 Å². The average Bonchev–Trinajstić information content (AvgIpc) is 3.29. The summed E-state index contributed by atoms with van der Waals surface area (Å²) >= 11 is 0. The average molecular weight is 547 g/mol. The Bertz CT molecular complexity index is 1270. The van der Waals surface area contributed by atoms with Gasteiger partial charge in [0.05, 0.1) is 25.2 Å². The Morgan fingerprint density at radius 3 is 2.10 bits per heavy atom. The van der Waals surface area contributed by atoms with Crippen molar-refractivity contribution >= 4 is 18.0 Å². The summed E-state index contributed by atoms with van der Waals surface area (Å²) in [6, 6.07) is 24.2. The zero-order chi connectivity index (χ0) is 28.5. The van der Waals surface area contributed by atoms with Gasteiger partial charge < -0.3 is 30.0 Å². The molecule has 1 aliphatic carbocycles. The van der Waals surface area contributed by atoms with E-state index in [1.165, 1.54) is 7.11 Å². The quantitative estimate of drug-likeness (QED) is 0.295. The van der Waals surface area contributed by atoms with Crippen molar-refractivity contribution in [2.45, 2.75) is 44.1 Å². The molecule has 0 aliphatic heterocycles. The summed E-state index contributed by atoms with van der Waals surface area (Å²) < 4.78 is 16.5. The van der Waals surface area contributed by atoms with E-state index >= 15 is 0 Å². The number of amides is 2. The highest BCUT2D eigenvalue weighted by molar-refractivity contribution is 5.84. The van der Waals surface area contributed by atoms with Crippen molar-refractivity contribution in [3.63, 3.8) is 0 Å². The van der Waals surface area contributed by atoms with Crippen LogP contribution in [0.4, 0.5) is 4.79 Å². The third kappa shape index (κ3) is 7.25. The van der Waals surface area contributed by atoms with Gasteiger partial charge in [0.25, 0.3) is 0 Å². The van der Waals surface area contributed by atoms with Crippen molar-refractivity contribution in [3.8, 4) is 11.1 Å². The smallest absolute Gasteiger partial charge is 0.407 e. The molecule has 3 N–H and O–H groups in total. The van der Waals surface area contributed by atoms with E-state index in [2.05, 4.69) is 22.8 Å². The number of hydrogen-bond donors (Lipinski definition) is 3. The molecule has 4 rings (SSSR count). The first-order valence-corrected chi connectivity index (χ1v) is 13.2. The minimum atomic E-state index is -1.25. The molecule has 1 unspecified atom stereocenters. The maximum absolute atomic E-state index is 12.6. The Hall–Kier alpha value is -4.21. The summed E-state index contributed by atoms with van der Waals surface area (Å²) in [7, 11) is 1.41. The number of carboxylic acid groups (broad SMARTS) is 1. The molecule has 1 aliphatic rings. The van der Waals surface area contributed by atoms with Gasteiger partial charge >= 0.3 is 12.1 Å². The van der Waals surface area contributed by atoms with E-state index in [4.69, 9.17) is 14.2 Å². The van der Waals surface area contributed by atoms with Crippen LogP contribution >= 0.6 is 0 Å². The molecule has 0 spiro atoms. The summed E-state index contributed by atoms with van der Waals surface area (Å²) in [5.41, 5.74) is 5.38. The lowest BCUT2D eigenvalue weighted by Gasteiger charge is -2.23. The van der Waals surface area contributed by atoms with E-state index in [0.717, 1.165) is 27.8 Å². The molecule has 210 valence electrons. The van der Waals surface area contributed by atoms with E-state index in [-0.39, 0.29) is 32.1 Å².